The number of nitrogens with zero attached hydrogens (tertiary/aromatic N) is 1. The molecule has 1 aliphatic rings. The van der Waals surface area contributed by atoms with Crippen molar-refractivity contribution in [3.63, 3.8) is 0 Å². The van der Waals surface area contributed by atoms with E-state index in [0.717, 1.165) is 45.4 Å². The highest BCUT2D eigenvalue weighted by Crippen LogP contribution is 2.33. The fraction of sp³-hybridized carbons (Fsp3) is 0.923. The van der Waals surface area contributed by atoms with Crippen LogP contribution in [0.1, 0.15) is 33.1 Å². The van der Waals surface area contributed by atoms with Crippen molar-refractivity contribution in [3.8, 4) is 0 Å². The lowest BCUT2D eigenvalue weighted by atomic mass is 9.95. The summed E-state index contributed by atoms with van der Waals surface area (Å²) in [5, 5.41) is 2.97. The molecule has 106 valence electrons. The summed E-state index contributed by atoms with van der Waals surface area (Å²) >= 11 is 1.88. The summed E-state index contributed by atoms with van der Waals surface area (Å²) in [6.45, 7) is 7.52. The summed E-state index contributed by atoms with van der Waals surface area (Å²) in [5.74, 6) is 0.154. The van der Waals surface area contributed by atoms with Crippen molar-refractivity contribution in [2.24, 2.45) is 5.73 Å². The van der Waals surface area contributed by atoms with Crippen LogP contribution in [0.25, 0.3) is 0 Å². The number of likely N-dealkylation sites (tertiary alicyclic amines) is 1. The Kier molecular flexibility index (Phi) is 6.46. The monoisotopic (exact) mass is 273 g/mol. The number of nitrogens with one attached hydrogen (secondary N) is 1. The number of amides is 1. The molecule has 0 aromatic carbocycles. The zero-order chi connectivity index (χ0) is 13.6. The van der Waals surface area contributed by atoms with Gasteiger partial charge >= 0.3 is 0 Å². The minimum absolute atomic E-state index is 0.0193. The SMILES string of the molecule is CCCNC(=O)C(C)N1CCC(CN)(SC)CC1. The maximum Gasteiger partial charge on any atom is 0.237 e. The Morgan fingerprint density at radius 1 is 1.50 bits per heavy atom. The van der Waals surface area contributed by atoms with Crippen LogP contribution in [0.15, 0.2) is 0 Å². The average molecular weight is 273 g/mol. The minimum atomic E-state index is -0.0193. The molecule has 1 aliphatic heterocycles. The van der Waals surface area contributed by atoms with Crippen LogP contribution in [-0.4, -0.2) is 54.0 Å². The molecule has 0 aliphatic carbocycles. The smallest absolute Gasteiger partial charge is 0.237 e. The average Bonchev–Trinajstić information content (AvgIpc) is 2.44. The first-order valence-electron chi connectivity index (χ1n) is 6.85. The Bertz CT molecular complexity index is 259. The quantitative estimate of drug-likeness (QED) is 0.760. The van der Waals surface area contributed by atoms with E-state index in [4.69, 9.17) is 5.73 Å². The molecular weight excluding hydrogens is 246 g/mol. The van der Waals surface area contributed by atoms with E-state index in [-0.39, 0.29) is 16.7 Å². The van der Waals surface area contributed by atoms with E-state index in [2.05, 4.69) is 23.4 Å². The van der Waals surface area contributed by atoms with Gasteiger partial charge in [0.15, 0.2) is 0 Å². The van der Waals surface area contributed by atoms with Crippen LogP contribution in [0, 0.1) is 0 Å². The maximum absolute atomic E-state index is 11.9. The van der Waals surface area contributed by atoms with Gasteiger partial charge in [-0.1, -0.05) is 6.92 Å². The normalized spacial score (nSPS) is 21.6. The van der Waals surface area contributed by atoms with Gasteiger partial charge in [-0.3, -0.25) is 9.69 Å². The first kappa shape index (κ1) is 15.8. The van der Waals surface area contributed by atoms with Crippen molar-refractivity contribution in [1.82, 2.24) is 10.2 Å². The highest BCUT2D eigenvalue weighted by atomic mass is 32.2. The highest BCUT2D eigenvalue weighted by Gasteiger charge is 2.35. The largest absolute Gasteiger partial charge is 0.355 e. The Morgan fingerprint density at radius 3 is 2.56 bits per heavy atom. The van der Waals surface area contributed by atoms with Gasteiger partial charge in [0.2, 0.25) is 5.91 Å². The fourth-order valence-corrected chi connectivity index (χ4v) is 3.13. The van der Waals surface area contributed by atoms with E-state index in [1.807, 2.05) is 18.7 Å². The lowest BCUT2D eigenvalue weighted by Gasteiger charge is -2.41. The molecular formula is C13H27N3OS. The van der Waals surface area contributed by atoms with Crippen molar-refractivity contribution in [3.05, 3.63) is 0 Å². The van der Waals surface area contributed by atoms with Gasteiger partial charge in [0.25, 0.3) is 0 Å². The predicted octanol–water partition coefficient (Wildman–Crippen LogP) is 1.06. The summed E-state index contributed by atoms with van der Waals surface area (Å²) < 4.78 is 0.232. The summed E-state index contributed by atoms with van der Waals surface area (Å²) in [5.41, 5.74) is 5.88. The van der Waals surface area contributed by atoms with Crippen LogP contribution in [0.3, 0.4) is 0 Å². The summed E-state index contributed by atoms with van der Waals surface area (Å²) in [6.07, 6.45) is 5.28. The van der Waals surface area contributed by atoms with E-state index < -0.39 is 0 Å². The number of carbonyl (C=O) groups excluding carboxylic acids is 1. The maximum atomic E-state index is 11.9. The second-order valence-corrected chi connectivity index (χ2v) is 6.37. The van der Waals surface area contributed by atoms with Crippen LogP contribution in [0.5, 0.6) is 0 Å². The zero-order valence-electron chi connectivity index (χ0n) is 11.9. The van der Waals surface area contributed by atoms with Crippen molar-refractivity contribution in [2.45, 2.75) is 43.9 Å². The first-order chi connectivity index (χ1) is 8.58. The van der Waals surface area contributed by atoms with E-state index in [0.29, 0.717) is 0 Å². The lowest BCUT2D eigenvalue weighted by molar-refractivity contribution is -0.126. The third kappa shape index (κ3) is 3.87. The molecule has 3 N–H and O–H groups in total. The van der Waals surface area contributed by atoms with Crippen LogP contribution in [0.4, 0.5) is 0 Å². The van der Waals surface area contributed by atoms with Gasteiger partial charge in [-0.05, 0) is 32.4 Å². The van der Waals surface area contributed by atoms with Crippen molar-refractivity contribution < 1.29 is 4.79 Å². The molecule has 1 rings (SSSR count). The zero-order valence-corrected chi connectivity index (χ0v) is 12.7. The second-order valence-electron chi connectivity index (χ2n) is 5.09. The standard InChI is InChI=1S/C13H27N3OS/c1-4-7-15-12(17)11(2)16-8-5-13(10-14,18-3)6-9-16/h11H,4-10,14H2,1-3H3,(H,15,17). The lowest BCUT2D eigenvalue weighted by Crippen LogP contribution is -2.53. The molecule has 18 heavy (non-hydrogen) atoms. The van der Waals surface area contributed by atoms with E-state index in [1.165, 1.54) is 0 Å². The van der Waals surface area contributed by atoms with E-state index in [9.17, 15) is 4.79 Å². The number of hydrogen-bond donors (Lipinski definition) is 2. The topological polar surface area (TPSA) is 58.4 Å². The Balaban J connectivity index is 2.44. The molecule has 1 saturated heterocycles. The van der Waals surface area contributed by atoms with Gasteiger partial charge in [0, 0.05) is 30.9 Å². The van der Waals surface area contributed by atoms with Gasteiger partial charge in [-0.25, -0.2) is 0 Å². The molecule has 0 radical (unpaired) electrons. The van der Waals surface area contributed by atoms with Gasteiger partial charge in [0.1, 0.15) is 0 Å². The summed E-state index contributed by atoms with van der Waals surface area (Å²) in [4.78, 5) is 14.2. The van der Waals surface area contributed by atoms with Crippen molar-refractivity contribution >= 4 is 17.7 Å². The number of nitrogens with two attached hydrogens (primary N) is 1. The fourth-order valence-electron chi connectivity index (χ4n) is 2.37. The number of piperidine rings is 1. The molecule has 4 nitrogen and oxygen atoms in total. The Labute approximate surface area is 115 Å². The van der Waals surface area contributed by atoms with E-state index in [1.54, 1.807) is 0 Å². The minimum Gasteiger partial charge on any atom is -0.355 e. The van der Waals surface area contributed by atoms with Crippen LogP contribution < -0.4 is 11.1 Å². The Hall–Kier alpha value is -0.260. The highest BCUT2D eigenvalue weighted by molar-refractivity contribution is 8.00. The summed E-state index contributed by atoms with van der Waals surface area (Å²) in [6, 6.07) is -0.0193. The molecule has 0 bridgehead atoms. The Morgan fingerprint density at radius 2 is 2.11 bits per heavy atom. The first-order valence-corrected chi connectivity index (χ1v) is 8.08. The molecule has 1 fully saturated rings. The number of rotatable bonds is 6. The van der Waals surface area contributed by atoms with E-state index >= 15 is 0 Å². The molecule has 0 spiro atoms. The molecule has 0 aromatic heterocycles. The van der Waals surface area contributed by atoms with Crippen molar-refractivity contribution in [2.75, 3.05) is 32.4 Å². The molecule has 5 heteroatoms. The number of thioether (sulfide) groups is 1. The third-order valence-electron chi connectivity index (χ3n) is 3.99. The second kappa shape index (κ2) is 7.36. The molecule has 1 heterocycles. The van der Waals surface area contributed by atoms with Crippen LogP contribution >= 0.6 is 11.8 Å². The molecule has 1 amide bonds. The van der Waals surface area contributed by atoms with Gasteiger partial charge in [-0.2, -0.15) is 11.8 Å². The van der Waals surface area contributed by atoms with Gasteiger partial charge < -0.3 is 11.1 Å². The predicted molar refractivity (Wildman–Crippen MR) is 78.9 cm³/mol. The van der Waals surface area contributed by atoms with Crippen LogP contribution in [-0.2, 0) is 4.79 Å². The molecule has 0 saturated carbocycles. The third-order valence-corrected chi connectivity index (χ3v) is 5.43. The molecule has 0 aromatic rings. The molecule has 1 atom stereocenters. The number of carbonyl (C=O) groups is 1. The summed E-state index contributed by atoms with van der Waals surface area (Å²) in [7, 11) is 0. The van der Waals surface area contributed by atoms with Gasteiger partial charge in [0.05, 0.1) is 6.04 Å². The molecule has 1 unspecified atom stereocenters. The van der Waals surface area contributed by atoms with Crippen molar-refractivity contribution in [1.29, 1.82) is 0 Å². The number of hydrogen-bond acceptors (Lipinski definition) is 4. The van der Waals surface area contributed by atoms with Crippen LogP contribution in [0.2, 0.25) is 0 Å². The van der Waals surface area contributed by atoms with Gasteiger partial charge in [-0.15, -0.1) is 0 Å².